The summed E-state index contributed by atoms with van der Waals surface area (Å²) >= 11 is 1.86. The second-order valence-corrected chi connectivity index (χ2v) is 9.74. The molecule has 2 N–H and O–H groups in total. The Bertz CT molecular complexity index is 1210. The van der Waals surface area contributed by atoms with E-state index in [1.165, 1.54) is 31.5 Å². The lowest BCUT2D eigenvalue weighted by molar-refractivity contribution is -0.113. The third kappa shape index (κ3) is 4.26. The predicted molar refractivity (Wildman–Crippen MR) is 128 cm³/mol. The Hall–Kier alpha value is -2.24. The predicted octanol–water partition coefficient (Wildman–Crippen LogP) is 5.78. The smallest absolute Gasteiger partial charge is 0.0860 e. The van der Waals surface area contributed by atoms with E-state index in [2.05, 4.69) is 61.5 Å². The molecule has 4 heteroatoms. The first-order valence-electron chi connectivity index (χ1n) is 11.1. The van der Waals surface area contributed by atoms with Crippen molar-refractivity contribution in [3.8, 4) is 0 Å². The fourth-order valence-electron chi connectivity index (χ4n) is 4.74. The van der Waals surface area contributed by atoms with Crippen molar-refractivity contribution in [1.29, 1.82) is 0 Å². The molecular weight excluding hydrogens is 404 g/mol. The van der Waals surface area contributed by atoms with Crippen LogP contribution in [0.5, 0.6) is 0 Å². The molecule has 1 aromatic heterocycles. The van der Waals surface area contributed by atoms with Crippen molar-refractivity contribution in [2.24, 2.45) is 0 Å². The molecule has 1 fully saturated rings. The summed E-state index contributed by atoms with van der Waals surface area (Å²) in [6.45, 7) is 2.13. The van der Waals surface area contributed by atoms with Crippen molar-refractivity contribution in [3.63, 3.8) is 0 Å². The van der Waals surface area contributed by atoms with E-state index in [4.69, 9.17) is 4.74 Å². The molecule has 3 unspecified atom stereocenters. The first kappa shape index (κ1) is 20.7. The summed E-state index contributed by atoms with van der Waals surface area (Å²) in [4.78, 5) is 1.35. The molecule has 31 heavy (non-hydrogen) atoms. The van der Waals surface area contributed by atoms with E-state index in [0.29, 0.717) is 12.8 Å². The molecule has 1 saturated heterocycles. The number of ether oxygens (including phenoxy) is 1. The number of rotatable bonds is 5. The van der Waals surface area contributed by atoms with Crippen molar-refractivity contribution >= 4 is 32.2 Å². The van der Waals surface area contributed by atoms with Gasteiger partial charge in [0.15, 0.2) is 0 Å². The number of aliphatic hydroxyl groups excluding tert-OH is 2. The van der Waals surface area contributed by atoms with Crippen LogP contribution in [0.1, 0.15) is 47.4 Å². The number of thiophene rings is 1. The fourth-order valence-corrected chi connectivity index (χ4v) is 5.82. The van der Waals surface area contributed by atoms with Gasteiger partial charge in [-0.25, -0.2) is 0 Å². The first-order valence-corrected chi connectivity index (χ1v) is 11.9. The van der Waals surface area contributed by atoms with E-state index in [1.54, 1.807) is 0 Å². The highest BCUT2D eigenvalue weighted by atomic mass is 32.1. The van der Waals surface area contributed by atoms with E-state index in [9.17, 15) is 10.2 Å². The highest BCUT2D eigenvalue weighted by molar-refractivity contribution is 7.19. The Kier molecular flexibility index (Phi) is 5.81. The summed E-state index contributed by atoms with van der Waals surface area (Å²) in [5.74, 6) is 0. The maximum atomic E-state index is 10.4. The van der Waals surface area contributed by atoms with Crippen molar-refractivity contribution in [3.05, 3.63) is 82.2 Å². The molecule has 0 spiro atoms. The van der Waals surface area contributed by atoms with Gasteiger partial charge in [-0.3, -0.25) is 0 Å². The van der Waals surface area contributed by atoms with Gasteiger partial charge in [0.2, 0.25) is 0 Å². The summed E-state index contributed by atoms with van der Waals surface area (Å²) in [6.07, 6.45) is 2.01. The quantitative estimate of drug-likeness (QED) is 0.420. The van der Waals surface area contributed by atoms with Crippen LogP contribution in [0.15, 0.2) is 60.7 Å². The lowest BCUT2D eigenvalue weighted by Crippen LogP contribution is -2.33. The van der Waals surface area contributed by atoms with Gasteiger partial charge < -0.3 is 14.9 Å². The van der Waals surface area contributed by atoms with Crippen LogP contribution in [0.25, 0.3) is 20.9 Å². The molecule has 3 nitrogen and oxygen atoms in total. The van der Waals surface area contributed by atoms with Crippen LogP contribution in [0, 0.1) is 0 Å². The summed E-state index contributed by atoms with van der Waals surface area (Å²) < 4.78 is 7.50. The van der Waals surface area contributed by atoms with E-state index < -0.39 is 6.10 Å². The van der Waals surface area contributed by atoms with Gasteiger partial charge in [0.25, 0.3) is 0 Å². The normalized spacial score (nSPS) is 21.7. The number of aliphatic hydroxyl groups is 2. The van der Waals surface area contributed by atoms with Crippen LogP contribution in [-0.4, -0.2) is 29.0 Å². The Balaban J connectivity index is 1.52. The molecule has 4 aromatic rings. The van der Waals surface area contributed by atoms with Crippen LogP contribution < -0.4 is 0 Å². The van der Waals surface area contributed by atoms with Gasteiger partial charge in [0.1, 0.15) is 0 Å². The lowest BCUT2D eigenvalue weighted by Gasteiger charge is -2.33. The average Bonchev–Trinajstić information content (AvgIpc) is 3.19. The molecule has 0 amide bonds. The maximum absolute atomic E-state index is 10.4. The summed E-state index contributed by atoms with van der Waals surface area (Å²) in [7, 11) is 0. The number of aryl methyl sites for hydroxylation is 1. The standard InChI is InChI=1S/C27H28O3S/c1-2-17-7-8-27-20(9-17)13-23(31-27)11-18-10-19-5-3-4-6-24(19)25(12-18)26-15-21(29)14-22(16-28)30-26/h3-10,12-13,21-22,26,28-29H,2,11,14-16H2,1H3. The van der Waals surface area contributed by atoms with Crippen molar-refractivity contribution in [1.82, 2.24) is 0 Å². The zero-order chi connectivity index (χ0) is 21.4. The Morgan fingerprint density at radius 2 is 1.81 bits per heavy atom. The molecule has 1 aliphatic heterocycles. The highest BCUT2D eigenvalue weighted by Gasteiger charge is 2.30. The molecular formula is C27H28O3S. The minimum atomic E-state index is -0.450. The SMILES string of the molecule is CCc1ccc2sc(Cc3cc(C4CC(O)CC(CO)O4)c4ccccc4c3)cc2c1. The molecule has 0 saturated carbocycles. The summed E-state index contributed by atoms with van der Waals surface area (Å²) in [5.41, 5.74) is 3.73. The number of hydrogen-bond donors (Lipinski definition) is 2. The average molecular weight is 433 g/mol. The monoisotopic (exact) mass is 432 g/mol. The van der Waals surface area contributed by atoms with Crippen molar-refractivity contribution in [2.75, 3.05) is 6.61 Å². The number of benzene rings is 3. The number of fused-ring (bicyclic) bond motifs is 2. The van der Waals surface area contributed by atoms with Crippen LogP contribution in [-0.2, 0) is 17.6 Å². The molecule has 0 aliphatic carbocycles. The molecule has 5 rings (SSSR count). The van der Waals surface area contributed by atoms with Gasteiger partial charge >= 0.3 is 0 Å². The summed E-state index contributed by atoms with van der Waals surface area (Å²) in [6, 6.07) is 22.0. The summed E-state index contributed by atoms with van der Waals surface area (Å²) in [5, 5.41) is 23.6. The zero-order valence-corrected chi connectivity index (χ0v) is 18.6. The molecule has 3 aromatic carbocycles. The Morgan fingerprint density at radius 3 is 2.65 bits per heavy atom. The van der Waals surface area contributed by atoms with Crippen molar-refractivity contribution in [2.45, 2.75) is 50.9 Å². The lowest BCUT2D eigenvalue weighted by atomic mass is 9.90. The van der Waals surface area contributed by atoms with Crippen LogP contribution in [0.3, 0.4) is 0 Å². The molecule has 2 heterocycles. The molecule has 3 atom stereocenters. The van der Waals surface area contributed by atoms with Gasteiger partial charge in [-0.2, -0.15) is 0 Å². The van der Waals surface area contributed by atoms with Crippen LogP contribution >= 0.6 is 11.3 Å². The second-order valence-electron chi connectivity index (χ2n) is 8.58. The molecule has 1 aliphatic rings. The second kappa shape index (κ2) is 8.71. The zero-order valence-electron chi connectivity index (χ0n) is 17.8. The third-order valence-corrected chi connectivity index (χ3v) is 7.42. The molecule has 0 bridgehead atoms. The van der Waals surface area contributed by atoms with Gasteiger partial charge in [-0.1, -0.05) is 55.5 Å². The van der Waals surface area contributed by atoms with Gasteiger partial charge in [0, 0.05) is 28.8 Å². The van der Waals surface area contributed by atoms with Crippen LogP contribution in [0.4, 0.5) is 0 Å². The fraction of sp³-hybridized carbons (Fsp3) is 0.333. The van der Waals surface area contributed by atoms with E-state index in [1.807, 2.05) is 17.4 Å². The van der Waals surface area contributed by atoms with E-state index >= 15 is 0 Å². The van der Waals surface area contributed by atoms with Gasteiger partial charge in [-0.05, 0) is 51.4 Å². The number of hydrogen-bond acceptors (Lipinski definition) is 4. The molecule has 0 radical (unpaired) electrons. The van der Waals surface area contributed by atoms with Crippen LogP contribution in [0.2, 0.25) is 0 Å². The highest BCUT2D eigenvalue weighted by Crippen LogP contribution is 2.37. The maximum Gasteiger partial charge on any atom is 0.0860 e. The third-order valence-electron chi connectivity index (χ3n) is 6.30. The van der Waals surface area contributed by atoms with Gasteiger partial charge in [0.05, 0.1) is 24.9 Å². The first-order chi connectivity index (χ1) is 15.1. The minimum Gasteiger partial charge on any atom is -0.394 e. The minimum absolute atomic E-state index is 0.0628. The molecule has 160 valence electrons. The van der Waals surface area contributed by atoms with Crippen molar-refractivity contribution < 1.29 is 14.9 Å². The van der Waals surface area contributed by atoms with E-state index in [0.717, 1.165) is 23.8 Å². The Labute approximate surface area is 186 Å². The van der Waals surface area contributed by atoms with Gasteiger partial charge in [-0.15, -0.1) is 11.3 Å². The Morgan fingerprint density at radius 1 is 0.968 bits per heavy atom. The van der Waals surface area contributed by atoms with E-state index in [-0.39, 0.29) is 18.8 Å². The largest absolute Gasteiger partial charge is 0.394 e. The topological polar surface area (TPSA) is 49.7 Å².